The molecule has 1 aliphatic heterocycles. The van der Waals surface area contributed by atoms with Gasteiger partial charge in [0.15, 0.2) is 5.75 Å². The van der Waals surface area contributed by atoms with Gasteiger partial charge in [-0.25, -0.2) is 18.2 Å². The van der Waals surface area contributed by atoms with Crippen LogP contribution in [0.15, 0.2) is 42.6 Å². The van der Waals surface area contributed by atoms with Gasteiger partial charge in [0.25, 0.3) is 11.8 Å². The third-order valence-corrected chi connectivity index (χ3v) is 7.30. The summed E-state index contributed by atoms with van der Waals surface area (Å²) in [4.78, 5) is 45.3. The molecule has 0 saturated carbocycles. The van der Waals surface area contributed by atoms with Crippen molar-refractivity contribution >= 4 is 39.2 Å². The van der Waals surface area contributed by atoms with E-state index in [1.54, 1.807) is 35.2 Å². The van der Waals surface area contributed by atoms with Crippen LogP contribution in [0.4, 0.5) is 24.5 Å². The number of aliphatic carboxylic acids is 1. The number of alkyl halides is 3. The Kier molecular flexibility index (Phi) is 12.2. The normalized spacial score (nSPS) is 13.4. The Labute approximate surface area is 281 Å². The number of nitrogens with zero attached hydrogens (tertiary/aromatic N) is 3. The number of carbonyl (C=O) groups excluding carboxylic acids is 2. The van der Waals surface area contributed by atoms with Gasteiger partial charge in [-0.15, -0.1) is 0 Å². The lowest BCUT2D eigenvalue weighted by atomic mass is 9.86. The molecule has 0 radical (unpaired) electrons. The monoisotopic (exact) mass is 710 g/mol. The van der Waals surface area contributed by atoms with Crippen LogP contribution < -0.4 is 24.8 Å². The maximum atomic E-state index is 13.5. The fourth-order valence-electron chi connectivity index (χ4n) is 4.41. The number of hydrogen-bond donors (Lipinski definition) is 4. The highest BCUT2D eigenvalue weighted by molar-refractivity contribution is 7.92. The van der Waals surface area contributed by atoms with Crippen molar-refractivity contribution in [3.05, 3.63) is 65.1 Å². The number of aryl methyl sites for hydroxylation is 1. The second-order valence-corrected chi connectivity index (χ2v) is 13.6. The van der Waals surface area contributed by atoms with Crippen LogP contribution in [-0.2, 0) is 20.2 Å². The second kappa shape index (κ2) is 15.5. The Hall–Kier alpha value is -4.97. The number of sulfonamides is 1. The van der Waals surface area contributed by atoms with Gasteiger partial charge in [-0.3, -0.25) is 14.3 Å². The molecule has 14 nitrogen and oxygen atoms in total. The SMILES string of the molecule is COc1c(NC(=O)c2cc(C)cc(Oc3ccnc(C(=O)N4CCNCC4)n3)c2)cc(C(C)(C)C)cc1NS(C)(=O)=O.O=C(O)C(F)(F)F. The van der Waals surface area contributed by atoms with E-state index in [4.69, 9.17) is 19.4 Å². The first-order chi connectivity index (χ1) is 22.7. The molecule has 1 saturated heterocycles. The molecule has 4 rings (SSSR count). The van der Waals surface area contributed by atoms with Crippen LogP contribution >= 0.6 is 0 Å². The first kappa shape index (κ1) is 38.5. The highest BCUT2D eigenvalue weighted by atomic mass is 32.2. The largest absolute Gasteiger partial charge is 0.492 e. The third-order valence-electron chi connectivity index (χ3n) is 6.71. The number of ether oxygens (including phenoxy) is 2. The average Bonchev–Trinajstić information content (AvgIpc) is 2.99. The van der Waals surface area contributed by atoms with Crippen LogP contribution in [0.25, 0.3) is 0 Å². The zero-order chi connectivity index (χ0) is 36.7. The Morgan fingerprint density at radius 3 is 2.18 bits per heavy atom. The van der Waals surface area contributed by atoms with E-state index in [2.05, 4.69) is 25.3 Å². The maximum Gasteiger partial charge on any atom is 0.490 e. The van der Waals surface area contributed by atoms with Crippen LogP contribution in [0.5, 0.6) is 17.4 Å². The van der Waals surface area contributed by atoms with Gasteiger partial charge in [0, 0.05) is 44.0 Å². The topological polar surface area (TPSA) is 189 Å². The van der Waals surface area contributed by atoms with E-state index in [9.17, 15) is 31.2 Å². The molecular formula is C31H37F3N6O8S. The molecule has 4 N–H and O–H groups in total. The molecule has 3 aromatic rings. The molecule has 1 aromatic heterocycles. The minimum Gasteiger partial charge on any atom is -0.492 e. The summed E-state index contributed by atoms with van der Waals surface area (Å²) in [5.41, 5.74) is 1.98. The van der Waals surface area contributed by atoms with E-state index in [0.717, 1.165) is 17.4 Å². The average molecular weight is 711 g/mol. The van der Waals surface area contributed by atoms with Gasteiger partial charge in [0.05, 0.1) is 24.7 Å². The molecule has 0 unspecified atom stereocenters. The second-order valence-electron chi connectivity index (χ2n) is 11.9. The molecule has 1 fully saturated rings. The number of aromatic nitrogens is 2. The van der Waals surface area contributed by atoms with E-state index in [1.165, 1.54) is 19.4 Å². The summed E-state index contributed by atoms with van der Waals surface area (Å²) in [6.45, 7) is 10.3. The van der Waals surface area contributed by atoms with E-state index in [-0.39, 0.29) is 40.0 Å². The Bertz CT molecular complexity index is 1810. The predicted octanol–water partition coefficient (Wildman–Crippen LogP) is 4.19. The number of carbonyl (C=O) groups is 3. The Balaban J connectivity index is 0.000000838. The Morgan fingerprint density at radius 2 is 1.63 bits per heavy atom. The number of methoxy groups -OCH3 is 1. The summed E-state index contributed by atoms with van der Waals surface area (Å²) in [5, 5.41) is 13.2. The van der Waals surface area contributed by atoms with Gasteiger partial charge in [-0.1, -0.05) is 20.8 Å². The van der Waals surface area contributed by atoms with E-state index >= 15 is 0 Å². The van der Waals surface area contributed by atoms with Crippen LogP contribution in [0, 0.1) is 6.92 Å². The molecule has 0 spiro atoms. The first-order valence-corrected chi connectivity index (χ1v) is 16.5. The number of amides is 2. The lowest BCUT2D eigenvalue weighted by molar-refractivity contribution is -0.192. The zero-order valence-electron chi connectivity index (χ0n) is 27.6. The molecule has 49 heavy (non-hydrogen) atoms. The summed E-state index contributed by atoms with van der Waals surface area (Å²) in [6.07, 6.45) is -2.58. The number of piperazine rings is 1. The number of anilines is 2. The van der Waals surface area contributed by atoms with Crippen LogP contribution in [-0.4, -0.2) is 91.9 Å². The minimum absolute atomic E-state index is 0.0318. The van der Waals surface area contributed by atoms with Crippen LogP contribution in [0.3, 0.4) is 0 Å². The summed E-state index contributed by atoms with van der Waals surface area (Å²) in [7, 11) is -2.22. The van der Waals surface area contributed by atoms with Crippen molar-refractivity contribution in [2.75, 3.05) is 49.6 Å². The van der Waals surface area contributed by atoms with Gasteiger partial charge in [-0.2, -0.15) is 18.2 Å². The molecule has 266 valence electrons. The van der Waals surface area contributed by atoms with Gasteiger partial charge in [0.2, 0.25) is 21.7 Å². The van der Waals surface area contributed by atoms with Crippen molar-refractivity contribution in [1.82, 2.24) is 20.2 Å². The van der Waals surface area contributed by atoms with Crippen LogP contribution in [0.1, 0.15) is 52.9 Å². The van der Waals surface area contributed by atoms with Crippen molar-refractivity contribution in [3.8, 4) is 17.4 Å². The molecule has 0 aliphatic carbocycles. The van der Waals surface area contributed by atoms with Crippen molar-refractivity contribution in [2.45, 2.75) is 39.3 Å². The highest BCUT2D eigenvalue weighted by Crippen LogP contribution is 2.39. The summed E-state index contributed by atoms with van der Waals surface area (Å²) in [5.74, 6) is -2.78. The minimum atomic E-state index is -5.08. The van der Waals surface area contributed by atoms with Crippen molar-refractivity contribution in [2.24, 2.45) is 0 Å². The summed E-state index contributed by atoms with van der Waals surface area (Å²) < 4.78 is 69.8. The number of rotatable bonds is 8. The number of nitrogens with one attached hydrogen (secondary N) is 3. The number of hydrogen-bond acceptors (Lipinski definition) is 10. The molecule has 0 bridgehead atoms. The Morgan fingerprint density at radius 1 is 1.02 bits per heavy atom. The molecule has 2 heterocycles. The van der Waals surface area contributed by atoms with E-state index in [0.29, 0.717) is 37.6 Å². The summed E-state index contributed by atoms with van der Waals surface area (Å²) >= 11 is 0. The third kappa shape index (κ3) is 11.3. The highest BCUT2D eigenvalue weighted by Gasteiger charge is 2.38. The van der Waals surface area contributed by atoms with Gasteiger partial charge in [0.1, 0.15) is 5.75 Å². The molecule has 2 aromatic carbocycles. The quantitative estimate of drug-likeness (QED) is 0.262. The molecule has 1 aliphatic rings. The number of benzene rings is 2. The fourth-order valence-corrected chi connectivity index (χ4v) is 4.97. The number of carboxylic acid groups (broad SMARTS) is 1. The fraction of sp³-hybridized carbons (Fsp3) is 0.387. The standard InChI is InChI=1S/C29H36N6O6S.C2HF3O2/c1-18-13-19(15-21(14-18)41-24-7-8-31-26(33-24)28(37)35-11-9-30-10-12-35)27(36)32-22-16-20(29(2,3)4)17-23(25(22)40-5)34-42(6,38)39;3-2(4,5)1(6)7/h7-8,13-17,30,34H,9-12H2,1-6H3,(H,32,36);(H,6,7). The number of carboxylic acids is 1. The maximum absolute atomic E-state index is 13.5. The zero-order valence-corrected chi connectivity index (χ0v) is 28.4. The van der Waals surface area contributed by atoms with Crippen molar-refractivity contribution in [3.63, 3.8) is 0 Å². The summed E-state index contributed by atoms with van der Waals surface area (Å²) in [6, 6.07) is 9.98. The van der Waals surface area contributed by atoms with Gasteiger partial charge in [-0.05, 0) is 53.8 Å². The molecule has 0 atom stereocenters. The molecule has 2 amide bonds. The van der Waals surface area contributed by atoms with E-state index in [1.807, 2.05) is 27.7 Å². The lowest BCUT2D eigenvalue weighted by Crippen LogP contribution is -2.46. The van der Waals surface area contributed by atoms with Gasteiger partial charge >= 0.3 is 12.1 Å². The number of halogens is 3. The van der Waals surface area contributed by atoms with Crippen molar-refractivity contribution < 1.29 is 50.6 Å². The van der Waals surface area contributed by atoms with Crippen molar-refractivity contribution in [1.29, 1.82) is 0 Å². The smallest absolute Gasteiger partial charge is 0.490 e. The lowest BCUT2D eigenvalue weighted by Gasteiger charge is -2.26. The first-order valence-electron chi connectivity index (χ1n) is 14.6. The van der Waals surface area contributed by atoms with Crippen LogP contribution in [0.2, 0.25) is 0 Å². The molecular weight excluding hydrogens is 673 g/mol. The predicted molar refractivity (Wildman–Crippen MR) is 174 cm³/mol. The molecule has 18 heteroatoms. The van der Waals surface area contributed by atoms with Gasteiger partial charge < -0.3 is 30.1 Å². The van der Waals surface area contributed by atoms with E-state index < -0.39 is 28.1 Å².